The lowest BCUT2D eigenvalue weighted by molar-refractivity contribution is 0.0586. The summed E-state index contributed by atoms with van der Waals surface area (Å²) in [6.07, 6.45) is 1.78. The first-order valence-corrected chi connectivity index (χ1v) is 6.59. The maximum Gasteiger partial charge on any atom is 0.297 e. The van der Waals surface area contributed by atoms with Crippen molar-refractivity contribution >= 4 is 19.9 Å². The van der Waals surface area contributed by atoms with Crippen LogP contribution in [-0.2, 0) is 14.0 Å². The Morgan fingerprint density at radius 3 is 2.46 bits per heavy atom. The van der Waals surface area contributed by atoms with Crippen molar-refractivity contribution in [1.29, 1.82) is 0 Å². The molecular formula is C7H14ClNO3S. The number of halogens is 1. The summed E-state index contributed by atoms with van der Waals surface area (Å²) in [5.41, 5.74) is 0. The van der Waals surface area contributed by atoms with E-state index in [1.54, 1.807) is 0 Å². The number of hydrogen-bond acceptors (Lipinski definition) is 3. The van der Waals surface area contributed by atoms with Crippen LogP contribution in [0.2, 0.25) is 0 Å². The minimum Gasteiger partial charge on any atom is -0.381 e. The van der Waals surface area contributed by atoms with Crippen LogP contribution in [0.5, 0.6) is 0 Å². The molecule has 13 heavy (non-hydrogen) atoms. The van der Waals surface area contributed by atoms with Crippen LogP contribution in [0.4, 0.5) is 0 Å². The molecule has 78 valence electrons. The van der Waals surface area contributed by atoms with Gasteiger partial charge in [0.15, 0.2) is 0 Å². The number of ether oxygens (including phenoxy) is 1. The highest BCUT2D eigenvalue weighted by molar-refractivity contribution is 8.12. The predicted octanol–water partition coefficient (Wildman–Crippen LogP) is 0.875. The first-order valence-electron chi connectivity index (χ1n) is 4.28. The Kier molecular flexibility index (Phi) is 3.97. The normalized spacial score (nSPS) is 22.9. The Bertz CT molecular complexity index is 248. The Morgan fingerprint density at radius 2 is 2.00 bits per heavy atom. The highest BCUT2D eigenvalue weighted by Gasteiger charge is 2.23. The van der Waals surface area contributed by atoms with Gasteiger partial charge in [0.25, 0.3) is 9.24 Å². The smallest absolute Gasteiger partial charge is 0.297 e. The minimum atomic E-state index is -3.59. The molecule has 0 aromatic rings. The summed E-state index contributed by atoms with van der Waals surface area (Å²) in [5, 5.41) is 0. The average Bonchev–Trinajstić information content (AvgIpc) is 2.03. The molecule has 0 aliphatic carbocycles. The number of rotatable bonds is 3. The average molecular weight is 228 g/mol. The lowest BCUT2D eigenvalue weighted by atomic mass is 9.94. The Morgan fingerprint density at radius 1 is 1.46 bits per heavy atom. The van der Waals surface area contributed by atoms with Crippen LogP contribution >= 0.6 is 10.7 Å². The molecule has 0 spiro atoms. The van der Waals surface area contributed by atoms with Crippen molar-refractivity contribution in [2.24, 2.45) is 5.92 Å². The van der Waals surface area contributed by atoms with Crippen LogP contribution in [0.25, 0.3) is 0 Å². The zero-order valence-corrected chi connectivity index (χ0v) is 9.07. The van der Waals surface area contributed by atoms with Crippen LogP contribution in [-0.4, -0.2) is 27.7 Å². The summed E-state index contributed by atoms with van der Waals surface area (Å²) in [7, 11) is 1.49. The second kappa shape index (κ2) is 4.59. The molecule has 1 unspecified atom stereocenters. The largest absolute Gasteiger partial charge is 0.381 e. The van der Waals surface area contributed by atoms with E-state index in [-0.39, 0.29) is 6.04 Å². The number of nitrogens with one attached hydrogen (secondary N) is 1. The second-order valence-corrected chi connectivity index (χ2v) is 5.62. The third-order valence-corrected chi connectivity index (χ3v) is 3.22. The molecule has 1 aliphatic heterocycles. The molecule has 1 fully saturated rings. The molecule has 1 rings (SSSR count). The fourth-order valence-electron chi connectivity index (χ4n) is 1.53. The summed E-state index contributed by atoms with van der Waals surface area (Å²) in [5.74, 6) is 0.335. The molecule has 4 nitrogen and oxygen atoms in total. The molecule has 1 saturated heterocycles. The third-order valence-electron chi connectivity index (χ3n) is 2.30. The maximum absolute atomic E-state index is 10.7. The van der Waals surface area contributed by atoms with Gasteiger partial charge in [-0.1, -0.05) is 0 Å². The van der Waals surface area contributed by atoms with Crippen molar-refractivity contribution in [2.75, 3.05) is 13.2 Å². The summed E-state index contributed by atoms with van der Waals surface area (Å²) in [4.78, 5) is 0. The van der Waals surface area contributed by atoms with Crippen LogP contribution in [0.3, 0.4) is 0 Å². The fraction of sp³-hybridized carbons (Fsp3) is 1.00. The molecule has 0 bridgehead atoms. The Labute approximate surface area is 83.2 Å². The lowest BCUT2D eigenvalue weighted by Gasteiger charge is -2.27. The molecule has 6 heteroatoms. The maximum atomic E-state index is 10.7. The van der Waals surface area contributed by atoms with Gasteiger partial charge in [0.1, 0.15) is 0 Å². The van der Waals surface area contributed by atoms with E-state index in [1.807, 2.05) is 6.92 Å². The van der Waals surface area contributed by atoms with Crippen molar-refractivity contribution in [3.63, 3.8) is 0 Å². The second-order valence-electron chi connectivity index (χ2n) is 3.29. The fourth-order valence-corrected chi connectivity index (χ4v) is 2.59. The zero-order valence-electron chi connectivity index (χ0n) is 7.49. The molecule has 0 amide bonds. The third kappa shape index (κ3) is 4.26. The van der Waals surface area contributed by atoms with E-state index in [4.69, 9.17) is 15.4 Å². The van der Waals surface area contributed by atoms with Gasteiger partial charge in [-0.15, -0.1) is 0 Å². The van der Waals surface area contributed by atoms with E-state index < -0.39 is 9.24 Å². The van der Waals surface area contributed by atoms with Crippen molar-refractivity contribution < 1.29 is 13.2 Å². The first-order chi connectivity index (χ1) is 5.99. The van der Waals surface area contributed by atoms with Gasteiger partial charge < -0.3 is 4.74 Å². The van der Waals surface area contributed by atoms with E-state index in [0.29, 0.717) is 19.1 Å². The van der Waals surface area contributed by atoms with Gasteiger partial charge in [0.05, 0.1) is 0 Å². The standard InChI is InChI=1S/C7H14ClNO3S/c1-6(9-13(8,10)11)7-2-4-12-5-3-7/h6-7,9H,2-5H2,1H3. The summed E-state index contributed by atoms with van der Waals surface area (Å²) >= 11 is 0. The Hall–Kier alpha value is 0.160. The molecule has 1 heterocycles. The van der Waals surface area contributed by atoms with Gasteiger partial charge in [0, 0.05) is 29.9 Å². The summed E-state index contributed by atoms with van der Waals surface area (Å²) < 4.78 is 29.0. The van der Waals surface area contributed by atoms with Gasteiger partial charge >= 0.3 is 0 Å². The minimum absolute atomic E-state index is 0.105. The van der Waals surface area contributed by atoms with Gasteiger partial charge in [-0.25, -0.2) is 0 Å². The predicted molar refractivity (Wildman–Crippen MR) is 50.9 cm³/mol. The Balaban J connectivity index is 2.42. The van der Waals surface area contributed by atoms with Gasteiger partial charge in [0.2, 0.25) is 0 Å². The van der Waals surface area contributed by atoms with Crippen LogP contribution < -0.4 is 4.72 Å². The van der Waals surface area contributed by atoms with Gasteiger partial charge in [-0.3, -0.25) is 0 Å². The molecule has 1 aliphatic rings. The molecule has 0 aromatic heterocycles. The first kappa shape index (κ1) is 11.2. The monoisotopic (exact) mass is 227 g/mol. The summed E-state index contributed by atoms with van der Waals surface area (Å²) in [6.45, 7) is 3.24. The van der Waals surface area contributed by atoms with E-state index in [9.17, 15) is 8.42 Å². The van der Waals surface area contributed by atoms with E-state index in [0.717, 1.165) is 12.8 Å². The molecule has 0 aromatic carbocycles. The molecule has 1 atom stereocenters. The SMILES string of the molecule is CC(NS(=O)(=O)Cl)C1CCOCC1. The van der Waals surface area contributed by atoms with Crippen molar-refractivity contribution in [3.05, 3.63) is 0 Å². The van der Waals surface area contributed by atoms with Crippen LogP contribution in [0.1, 0.15) is 19.8 Å². The van der Waals surface area contributed by atoms with Gasteiger partial charge in [-0.05, 0) is 25.7 Å². The van der Waals surface area contributed by atoms with E-state index in [1.165, 1.54) is 0 Å². The quantitative estimate of drug-likeness (QED) is 0.729. The molecular weight excluding hydrogens is 214 g/mol. The zero-order chi connectivity index (χ0) is 9.90. The van der Waals surface area contributed by atoms with E-state index >= 15 is 0 Å². The van der Waals surface area contributed by atoms with Crippen molar-refractivity contribution in [1.82, 2.24) is 4.72 Å². The highest BCUT2D eigenvalue weighted by Crippen LogP contribution is 2.19. The van der Waals surface area contributed by atoms with Crippen molar-refractivity contribution in [2.45, 2.75) is 25.8 Å². The molecule has 1 N–H and O–H groups in total. The van der Waals surface area contributed by atoms with Crippen molar-refractivity contribution in [3.8, 4) is 0 Å². The summed E-state index contributed by atoms with van der Waals surface area (Å²) in [6, 6.07) is -0.105. The molecule has 0 radical (unpaired) electrons. The molecule has 0 saturated carbocycles. The van der Waals surface area contributed by atoms with E-state index in [2.05, 4.69) is 4.72 Å². The van der Waals surface area contributed by atoms with Crippen LogP contribution in [0.15, 0.2) is 0 Å². The topological polar surface area (TPSA) is 55.4 Å². The number of hydrogen-bond donors (Lipinski definition) is 1. The van der Waals surface area contributed by atoms with Gasteiger partial charge in [-0.2, -0.15) is 13.1 Å². The van der Waals surface area contributed by atoms with Crippen LogP contribution in [0, 0.1) is 5.92 Å². The highest BCUT2D eigenvalue weighted by atomic mass is 35.7. The lowest BCUT2D eigenvalue weighted by Crippen LogP contribution is -2.38.